The second kappa shape index (κ2) is 8.06. The number of thioether (sulfide) groups is 1. The molecule has 0 aliphatic carbocycles. The van der Waals surface area contributed by atoms with Gasteiger partial charge < -0.3 is 10.1 Å². The lowest BCUT2D eigenvalue weighted by atomic mass is 10.2. The van der Waals surface area contributed by atoms with Crippen molar-refractivity contribution in [3.05, 3.63) is 29.8 Å². The highest BCUT2D eigenvalue weighted by Crippen LogP contribution is 2.29. The van der Waals surface area contributed by atoms with Crippen LogP contribution in [0.3, 0.4) is 0 Å². The van der Waals surface area contributed by atoms with Gasteiger partial charge in [0.15, 0.2) is 0 Å². The van der Waals surface area contributed by atoms with Crippen LogP contribution in [-0.2, 0) is 6.54 Å². The molecule has 118 valence electrons. The number of benzene rings is 1. The number of ether oxygens (including phenoxy) is 1. The second-order valence-corrected chi connectivity index (χ2v) is 7.96. The molecule has 4 heteroatoms. The van der Waals surface area contributed by atoms with Crippen LogP contribution in [0, 0.1) is 0 Å². The van der Waals surface area contributed by atoms with Crippen LogP contribution in [-0.4, -0.2) is 48.2 Å². The predicted molar refractivity (Wildman–Crippen MR) is 92.3 cm³/mol. The van der Waals surface area contributed by atoms with Gasteiger partial charge in [-0.05, 0) is 38.1 Å². The van der Waals surface area contributed by atoms with Crippen molar-refractivity contribution >= 4 is 11.8 Å². The molecule has 1 saturated heterocycles. The van der Waals surface area contributed by atoms with Crippen molar-refractivity contribution in [1.82, 2.24) is 10.2 Å². The summed E-state index contributed by atoms with van der Waals surface area (Å²) >= 11 is 2.07. The SMILES string of the molecule is CCNCc1cccc(OCCN2CCSC(C)(C)C2)c1. The van der Waals surface area contributed by atoms with Crippen LogP contribution in [0.25, 0.3) is 0 Å². The van der Waals surface area contributed by atoms with E-state index in [1.165, 1.54) is 17.9 Å². The minimum atomic E-state index is 0.379. The molecule has 0 bridgehead atoms. The molecule has 2 rings (SSSR count). The number of nitrogens with one attached hydrogen (secondary N) is 1. The molecule has 0 atom stereocenters. The highest BCUT2D eigenvalue weighted by Gasteiger charge is 2.26. The molecule has 21 heavy (non-hydrogen) atoms. The molecule has 1 aromatic carbocycles. The predicted octanol–water partition coefficient (Wildman–Crippen LogP) is 3.00. The molecule has 3 nitrogen and oxygen atoms in total. The summed E-state index contributed by atoms with van der Waals surface area (Å²) in [6.07, 6.45) is 0. The summed E-state index contributed by atoms with van der Waals surface area (Å²) in [4.78, 5) is 2.51. The highest BCUT2D eigenvalue weighted by atomic mass is 32.2. The first kappa shape index (κ1) is 16.7. The molecule has 0 spiro atoms. The lowest BCUT2D eigenvalue weighted by molar-refractivity contribution is 0.202. The van der Waals surface area contributed by atoms with Gasteiger partial charge in [-0.1, -0.05) is 19.1 Å². The van der Waals surface area contributed by atoms with Crippen molar-refractivity contribution in [3.63, 3.8) is 0 Å². The molecular formula is C17H28N2OS. The first-order valence-electron chi connectivity index (χ1n) is 7.88. The third-order valence-corrected chi connectivity index (χ3v) is 4.96. The zero-order valence-corrected chi connectivity index (χ0v) is 14.3. The van der Waals surface area contributed by atoms with Gasteiger partial charge in [-0.2, -0.15) is 11.8 Å². The Hall–Kier alpha value is -0.710. The smallest absolute Gasteiger partial charge is 0.119 e. The largest absolute Gasteiger partial charge is 0.492 e. The highest BCUT2D eigenvalue weighted by molar-refractivity contribution is 8.00. The third kappa shape index (κ3) is 5.89. The summed E-state index contributed by atoms with van der Waals surface area (Å²) in [6.45, 7) is 12.8. The van der Waals surface area contributed by atoms with Crippen molar-refractivity contribution < 1.29 is 4.74 Å². The minimum Gasteiger partial charge on any atom is -0.492 e. The number of nitrogens with zero attached hydrogens (tertiary/aromatic N) is 1. The van der Waals surface area contributed by atoms with Gasteiger partial charge in [0.05, 0.1) is 0 Å². The fourth-order valence-corrected chi connectivity index (χ4v) is 3.79. The molecule has 1 N–H and O–H groups in total. The molecule has 1 aliphatic rings. The summed E-state index contributed by atoms with van der Waals surface area (Å²) in [5.74, 6) is 2.21. The van der Waals surface area contributed by atoms with E-state index >= 15 is 0 Å². The maximum Gasteiger partial charge on any atom is 0.119 e. The van der Waals surface area contributed by atoms with Crippen LogP contribution in [0.1, 0.15) is 26.3 Å². The van der Waals surface area contributed by atoms with Gasteiger partial charge in [0.1, 0.15) is 12.4 Å². The van der Waals surface area contributed by atoms with E-state index in [0.717, 1.165) is 38.5 Å². The average Bonchev–Trinajstić information content (AvgIpc) is 2.45. The molecule has 0 aromatic heterocycles. The molecule has 0 radical (unpaired) electrons. The van der Waals surface area contributed by atoms with Crippen LogP contribution in [0.5, 0.6) is 5.75 Å². The van der Waals surface area contributed by atoms with Gasteiger partial charge in [0.25, 0.3) is 0 Å². The van der Waals surface area contributed by atoms with Crippen LogP contribution in [0.2, 0.25) is 0 Å². The van der Waals surface area contributed by atoms with Gasteiger partial charge in [0, 0.05) is 36.7 Å². The van der Waals surface area contributed by atoms with Crippen molar-refractivity contribution in [2.75, 3.05) is 38.5 Å². The maximum atomic E-state index is 5.92. The van der Waals surface area contributed by atoms with Gasteiger partial charge >= 0.3 is 0 Å². The van der Waals surface area contributed by atoms with E-state index in [9.17, 15) is 0 Å². The summed E-state index contributed by atoms with van der Waals surface area (Å²) in [5.41, 5.74) is 1.28. The Kier molecular flexibility index (Phi) is 6.40. The van der Waals surface area contributed by atoms with E-state index < -0.39 is 0 Å². The van der Waals surface area contributed by atoms with Crippen LogP contribution < -0.4 is 10.1 Å². The molecule has 1 fully saturated rings. The summed E-state index contributed by atoms with van der Waals surface area (Å²) in [6, 6.07) is 8.40. The van der Waals surface area contributed by atoms with Crippen molar-refractivity contribution in [3.8, 4) is 5.75 Å². The third-order valence-electron chi connectivity index (χ3n) is 3.66. The fourth-order valence-electron chi connectivity index (χ4n) is 2.61. The van der Waals surface area contributed by atoms with Crippen molar-refractivity contribution in [2.24, 2.45) is 0 Å². The van der Waals surface area contributed by atoms with E-state index in [2.05, 4.69) is 60.9 Å². The quantitative estimate of drug-likeness (QED) is 0.837. The molecule has 1 aromatic rings. The zero-order valence-electron chi connectivity index (χ0n) is 13.5. The monoisotopic (exact) mass is 308 g/mol. The number of hydrogen-bond acceptors (Lipinski definition) is 4. The Labute approximate surface area is 133 Å². The molecule has 0 unspecified atom stereocenters. The Morgan fingerprint density at radius 3 is 3.00 bits per heavy atom. The van der Waals surface area contributed by atoms with Crippen molar-refractivity contribution in [1.29, 1.82) is 0 Å². The lowest BCUT2D eigenvalue weighted by Gasteiger charge is -2.37. The Morgan fingerprint density at radius 1 is 1.38 bits per heavy atom. The molecule has 0 saturated carbocycles. The maximum absolute atomic E-state index is 5.92. The van der Waals surface area contributed by atoms with E-state index in [4.69, 9.17) is 4.74 Å². The minimum absolute atomic E-state index is 0.379. The van der Waals surface area contributed by atoms with E-state index in [1.54, 1.807) is 0 Å². The fraction of sp³-hybridized carbons (Fsp3) is 0.647. The van der Waals surface area contributed by atoms with Crippen LogP contribution in [0.4, 0.5) is 0 Å². The van der Waals surface area contributed by atoms with Gasteiger partial charge in [0.2, 0.25) is 0 Å². The van der Waals surface area contributed by atoms with Crippen molar-refractivity contribution in [2.45, 2.75) is 32.1 Å². The molecular weight excluding hydrogens is 280 g/mol. The standard InChI is InChI=1S/C17H28N2OS/c1-4-18-13-15-6-5-7-16(12-15)20-10-8-19-9-11-21-17(2,3)14-19/h5-7,12,18H,4,8-11,13-14H2,1-3H3. The Morgan fingerprint density at radius 2 is 2.24 bits per heavy atom. The van der Waals surface area contributed by atoms with E-state index in [-0.39, 0.29) is 0 Å². The van der Waals surface area contributed by atoms with Crippen LogP contribution in [0.15, 0.2) is 24.3 Å². The zero-order chi connectivity index (χ0) is 15.1. The average molecular weight is 308 g/mol. The first-order chi connectivity index (χ1) is 10.1. The van der Waals surface area contributed by atoms with E-state index in [1.807, 2.05) is 6.07 Å². The summed E-state index contributed by atoms with van der Waals surface area (Å²) in [7, 11) is 0. The van der Waals surface area contributed by atoms with Gasteiger partial charge in [-0.15, -0.1) is 0 Å². The molecule has 0 amide bonds. The molecule has 1 aliphatic heterocycles. The Balaban J connectivity index is 1.75. The van der Waals surface area contributed by atoms with E-state index in [0.29, 0.717) is 4.75 Å². The van der Waals surface area contributed by atoms with Crippen LogP contribution >= 0.6 is 11.8 Å². The van der Waals surface area contributed by atoms with Gasteiger partial charge in [-0.3, -0.25) is 4.90 Å². The second-order valence-electron chi connectivity index (χ2n) is 6.16. The first-order valence-corrected chi connectivity index (χ1v) is 8.86. The molecule has 1 heterocycles. The topological polar surface area (TPSA) is 24.5 Å². The van der Waals surface area contributed by atoms with Gasteiger partial charge in [-0.25, -0.2) is 0 Å². The Bertz CT molecular complexity index is 437. The summed E-state index contributed by atoms with van der Waals surface area (Å²) < 4.78 is 6.30. The summed E-state index contributed by atoms with van der Waals surface area (Å²) in [5, 5.41) is 3.34. The number of rotatable bonds is 7. The number of hydrogen-bond donors (Lipinski definition) is 1. The normalized spacial score (nSPS) is 18.6. The lowest BCUT2D eigenvalue weighted by Crippen LogP contribution is -2.44.